The molecule has 2 aliphatic heterocycles. The van der Waals surface area contributed by atoms with Crippen LogP contribution in [0.3, 0.4) is 0 Å². The number of piperidine rings is 1. The van der Waals surface area contributed by atoms with Crippen LogP contribution in [0.5, 0.6) is 0 Å². The molecule has 2 aromatic heterocycles. The highest BCUT2D eigenvalue weighted by Gasteiger charge is 2.36. The fourth-order valence-electron chi connectivity index (χ4n) is 5.45. The molecule has 210 valence electrons. The Labute approximate surface area is 235 Å². The minimum Gasteiger partial charge on any atom is -0.367 e. The van der Waals surface area contributed by atoms with Crippen molar-refractivity contribution in [2.24, 2.45) is 10.9 Å². The Kier molecular flexibility index (Phi) is 7.94. The molecule has 0 bridgehead atoms. The summed E-state index contributed by atoms with van der Waals surface area (Å²) in [5, 5.41) is 8.92. The Hall–Kier alpha value is -2.63. The van der Waals surface area contributed by atoms with Crippen molar-refractivity contribution in [3.8, 4) is 0 Å². The van der Waals surface area contributed by atoms with Crippen molar-refractivity contribution in [1.82, 2.24) is 19.6 Å². The highest BCUT2D eigenvalue weighted by molar-refractivity contribution is 7.93. The minimum atomic E-state index is -3.69. The van der Waals surface area contributed by atoms with Gasteiger partial charge in [-0.1, -0.05) is 6.58 Å². The van der Waals surface area contributed by atoms with E-state index in [2.05, 4.69) is 41.4 Å². The topological polar surface area (TPSA) is 117 Å². The molecule has 0 aromatic carbocycles. The molecule has 1 aliphatic carbocycles. The highest BCUT2D eigenvalue weighted by atomic mass is 32.2. The number of fused-ring (bicyclic) bond motifs is 1. The van der Waals surface area contributed by atoms with Crippen LogP contribution in [-0.2, 0) is 14.8 Å². The van der Waals surface area contributed by atoms with Crippen LogP contribution < -0.4 is 10.6 Å². The number of carbonyl (C=O) groups excluding carboxylic acids is 1. The number of nitrogens with one attached hydrogen (secondary N) is 2. The average Bonchev–Trinajstić information content (AvgIpc) is 3.57. The lowest BCUT2D eigenvalue weighted by Gasteiger charge is -2.33. The predicted octanol–water partition coefficient (Wildman–Crippen LogP) is 4.88. The first kappa shape index (κ1) is 27.9. The lowest BCUT2D eigenvalue weighted by Crippen LogP contribution is -2.41. The van der Waals surface area contributed by atoms with E-state index >= 15 is 0 Å². The Morgan fingerprint density at radius 3 is 2.54 bits per heavy atom. The summed E-state index contributed by atoms with van der Waals surface area (Å²) in [5.74, 6) is 3.27. The molecule has 2 atom stereocenters. The molecule has 4 heterocycles. The molecule has 2 N–H and O–H groups in total. The number of sulfonamides is 1. The number of thiophene rings is 1. The number of amidine groups is 1. The molecule has 11 heteroatoms. The summed E-state index contributed by atoms with van der Waals surface area (Å²) >= 11 is 1.69. The Morgan fingerprint density at radius 1 is 1.15 bits per heavy atom. The van der Waals surface area contributed by atoms with Gasteiger partial charge in [0, 0.05) is 43.1 Å². The van der Waals surface area contributed by atoms with Gasteiger partial charge < -0.3 is 10.6 Å². The van der Waals surface area contributed by atoms with Crippen LogP contribution in [0.25, 0.3) is 10.2 Å². The van der Waals surface area contributed by atoms with E-state index in [1.54, 1.807) is 15.6 Å². The molecular weight excluding hydrogens is 532 g/mol. The number of carbonyl (C=O) groups is 1. The molecule has 9 nitrogen and oxygen atoms in total. The van der Waals surface area contributed by atoms with Gasteiger partial charge in [0.25, 0.3) is 0 Å². The van der Waals surface area contributed by atoms with Crippen molar-refractivity contribution in [1.29, 1.82) is 0 Å². The number of hydrogen-bond donors (Lipinski definition) is 2. The second-order valence-corrected chi connectivity index (χ2v) is 14.1. The van der Waals surface area contributed by atoms with E-state index in [1.165, 1.54) is 31.5 Å². The zero-order valence-electron chi connectivity index (χ0n) is 23.2. The van der Waals surface area contributed by atoms with E-state index in [9.17, 15) is 13.2 Å². The van der Waals surface area contributed by atoms with E-state index in [-0.39, 0.29) is 22.8 Å². The first-order valence-electron chi connectivity index (χ1n) is 13.8. The molecule has 39 heavy (non-hydrogen) atoms. The van der Waals surface area contributed by atoms with Crippen LogP contribution in [0.15, 0.2) is 33.6 Å². The SMILES string of the molecule is C=C1C(S(=O)(=O)N2CCC(C[C@H](C)Nc3nc(C4CC4)nc4c(C)csc34)CC2)=CN=C1N[C@H](C)CC(C)=O. The van der Waals surface area contributed by atoms with E-state index in [4.69, 9.17) is 9.97 Å². The largest absolute Gasteiger partial charge is 0.367 e. The molecule has 1 saturated heterocycles. The number of nitrogens with zero attached hydrogens (tertiary/aromatic N) is 4. The van der Waals surface area contributed by atoms with Crippen LogP contribution in [0.4, 0.5) is 5.82 Å². The minimum absolute atomic E-state index is 0.0577. The van der Waals surface area contributed by atoms with Crippen LogP contribution in [0.2, 0.25) is 0 Å². The Bertz CT molecular complexity index is 1450. The first-order chi connectivity index (χ1) is 18.5. The van der Waals surface area contributed by atoms with Gasteiger partial charge in [0.1, 0.15) is 28.2 Å². The standard InChI is InChI=1S/C28H38N6O3S2/c1-16-15-38-25-24(16)32-27(22-6-7-22)33-28(25)31-18(3)13-21-8-10-34(11-9-21)39(36,37)23-14-29-26(20(23)5)30-17(2)12-19(4)35/h14-15,17-18,21-22H,5-13H2,1-4H3,(H,29,30)(H,31,32,33)/t17-,18+/m1/s1. The number of Topliss-reactive ketones (excluding diaryl/α,β-unsaturated/α-hetero) is 1. The number of aryl methyl sites for hydroxylation is 1. The van der Waals surface area contributed by atoms with Gasteiger partial charge in [-0.2, -0.15) is 4.31 Å². The molecule has 0 amide bonds. The maximum Gasteiger partial charge on any atom is 0.245 e. The summed E-state index contributed by atoms with van der Waals surface area (Å²) in [4.78, 5) is 25.5. The molecule has 2 fully saturated rings. The van der Waals surface area contributed by atoms with Crippen molar-refractivity contribution < 1.29 is 13.2 Å². The number of ketones is 1. The predicted molar refractivity (Wildman–Crippen MR) is 158 cm³/mol. The third-order valence-electron chi connectivity index (χ3n) is 7.68. The number of anilines is 1. The number of rotatable bonds is 10. The Balaban J connectivity index is 1.15. The number of aliphatic imine (C=N–C) groups is 1. The fraction of sp³-hybridized carbons (Fsp3) is 0.571. The third-order valence-corrected chi connectivity index (χ3v) is 10.7. The van der Waals surface area contributed by atoms with Gasteiger partial charge in [-0.15, -0.1) is 11.3 Å². The van der Waals surface area contributed by atoms with Crippen molar-refractivity contribution in [3.05, 3.63) is 40.0 Å². The summed E-state index contributed by atoms with van der Waals surface area (Å²) < 4.78 is 29.5. The third kappa shape index (κ3) is 6.10. The molecule has 2 aromatic rings. The average molecular weight is 571 g/mol. The highest BCUT2D eigenvalue weighted by Crippen LogP contribution is 2.41. The van der Waals surface area contributed by atoms with Gasteiger partial charge in [-0.05, 0) is 76.7 Å². The first-order valence-corrected chi connectivity index (χ1v) is 16.1. The molecule has 3 aliphatic rings. The molecule has 0 unspecified atom stereocenters. The van der Waals surface area contributed by atoms with E-state index < -0.39 is 10.0 Å². The Morgan fingerprint density at radius 2 is 1.87 bits per heavy atom. The molecule has 5 rings (SSSR count). The number of aromatic nitrogens is 2. The zero-order chi connectivity index (χ0) is 27.9. The second kappa shape index (κ2) is 11.1. The van der Waals surface area contributed by atoms with E-state index in [0.29, 0.717) is 42.8 Å². The summed E-state index contributed by atoms with van der Waals surface area (Å²) in [6.07, 6.45) is 6.60. The van der Waals surface area contributed by atoms with Gasteiger partial charge in [0.2, 0.25) is 10.0 Å². The second-order valence-electron chi connectivity index (χ2n) is 11.3. The molecule has 0 radical (unpaired) electrons. The van der Waals surface area contributed by atoms with Crippen molar-refractivity contribution >= 4 is 49.0 Å². The van der Waals surface area contributed by atoms with Gasteiger partial charge in [-0.3, -0.25) is 4.79 Å². The monoisotopic (exact) mass is 570 g/mol. The lowest BCUT2D eigenvalue weighted by molar-refractivity contribution is -0.117. The van der Waals surface area contributed by atoms with Crippen molar-refractivity contribution in [2.75, 3.05) is 18.4 Å². The maximum absolute atomic E-state index is 13.4. The molecule has 0 spiro atoms. The van der Waals surface area contributed by atoms with E-state index in [1.807, 2.05) is 6.92 Å². The molecular formula is C28H38N6O3S2. The zero-order valence-corrected chi connectivity index (χ0v) is 24.8. The quantitative estimate of drug-likeness (QED) is 0.418. The van der Waals surface area contributed by atoms with Gasteiger partial charge in [0.15, 0.2) is 0 Å². The van der Waals surface area contributed by atoms with Crippen LogP contribution in [-0.4, -0.2) is 59.5 Å². The summed E-state index contributed by atoms with van der Waals surface area (Å²) in [6, 6.07) is 0.0597. The van der Waals surface area contributed by atoms with E-state index in [0.717, 1.165) is 41.1 Å². The smallest absolute Gasteiger partial charge is 0.245 e. The number of hydrogen-bond acceptors (Lipinski definition) is 9. The van der Waals surface area contributed by atoms with Crippen LogP contribution >= 0.6 is 11.3 Å². The van der Waals surface area contributed by atoms with Gasteiger partial charge >= 0.3 is 0 Å². The molecule has 1 saturated carbocycles. The van der Waals surface area contributed by atoms with Crippen LogP contribution in [0.1, 0.15) is 76.6 Å². The summed E-state index contributed by atoms with van der Waals surface area (Å²) in [7, 11) is -3.69. The van der Waals surface area contributed by atoms with Gasteiger partial charge in [-0.25, -0.2) is 23.4 Å². The van der Waals surface area contributed by atoms with Crippen molar-refractivity contribution in [3.63, 3.8) is 0 Å². The summed E-state index contributed by atoms with van der Waals surface area (Å²) in [6.45, 7) is 12.6. The van der Waals surface area contributed by atoms with Crippen LogP contribution in [0, 0.1) is 12.8 Å². The van der Waals surface area contributed by atoms with Gasteiger partial charge in [0.05, 0.1) is 16.4 Å². The fourth-order valence-corrected chi connectivity index (χ4v) is 7.95. The van der Waals surface area contributed by atoms with Crippen molar-refractivity contribution in [2.45, 2.75) is 84.2 Å². The lowest BCUT2D eigenvalue weighted by atomic mass is 9.91. The summed E-state index contributed by atoms with van der Waals surface area (Å²) in [5.41, 5.74) is 2.61. The normalized spacial score (nSPS) is 20.6. The maximum atomic E-state index is 13.4.